The molecular weight excluding hydrogens is 314 g/mol. The Hall–Kier alpha value is -2.29. The van der Waals surface area contributed by atoms with E-state index in [2.05, 4.69) is 29.5 Å². The first-order valence-corrected chi connectivity index (χ1v) is 8.31. The second-order valence-corrected chi connectivity index (χ2v) is 6.33. The van der Waals surface area contributed by atoms with Crippen molar-refractivity contribution in [2.45, 2.75) is 19.8 Å². The van der Waals surface area contributed by atoms with E-state index in [-0.39, 0.29) is 11.9 Å². The monoisotopic (exact) mass is 333 g/mol. The molecule has 9 heteroatoms. The molecule has 0 aliphatic carbocycles. The Morgan fingerprint density at radius 3 is 2.65 bits per heavy atom. The number of urea groups is 1. The first-order chi connectivity index (χ1) is 11.1. The largest absolute Gasteiger partial charge is 0.352 e. The van der Waals surface area contributed by atoms with Crippen LogP contribution in [0.1, 0.15) is 25.6 Å². The van der Waals surface area contributed by atoms with Gasteiger partial charge >= 0.3 is 6.03 Å². The van der Waals surface area contributed by atoms with Gasteiger partial charge in [-0.3, -0.25) is 10.3 Å². The maximum absolute atomic E-state index is 12.3. The first kappa shape index (κ1) is 15.6. The third kappa shape index (κ3) is 3.73. The summed E-state index contributed by atoms with van der Waals surface area (Å²) in [5.74, 6) is 1.86. The Labute approximate surface area is 138 Å². The molecule has 2 amide bonds. The van der Waals surface area contributed by atoms with Gasteiger partial charge in [-0.2, -0.15) is 4.37 Å². The highest BCUT2D eigenvalue weighted by Crippen LogP contribution is 2.18. The summed E-state index contributed by atoms with van der Waals surface area (Å²) in [6.07, 6.45) is 5.07. The zero-order chi connectivity index (χ0) is 16.2. The Morgan fingerprint density at radius 2 is 2.04 bits per heavy atom. The van der Waals surface area contributed by atoms with Crippen molar-refractivity contribution < 1.29 is 4.79 Å². The van der Waals surface area contributed by atoms with Crippen LogP contribution in [0.3, 0.4) is 0 Å². The van der Waals surface area contributed by atoms with Gasteiger partial charge in [0.05, 0.1) is 6.20 Å². The number of rotatable bonds is 3. The highest BCUT2D eigenvalue weighted by atomic mass is 32.1. The molecule has 122 valence electrons. The smallest absolute Gasteiger partial charge is 0.323 e. The maximum atomic E-state index is 12.3. The summed E-state index contributed by atoms with van der Waals surface area (Å²) in [5.41, 5.74) is 0. The quantitative estimate of drug-likeness (QED) is 0.922. The Balaban J connectivity index is 1.53. The lowest BCUT2D eigenvalue weighted by Gasteiger charge is -2.34. The molecule has 2 aromatic heterocycles. The van der Waals surface area contributed by atoms with Crippen molar-refractivity contribution in [2.75, 3.05) is 36.4 Å². The second-order valence-electron chi connectivity index (χ2n) is 5.58. The van der Waals surface area contributed by atoms with E-state index in [1.54, 1.807) is 23.5 Å². The predicted molar refractivity (Wildman–Crippen MR) is 88.8 cm³/mol. The molecule has 23 heavy (non-hydrogen) atoms. The average molecular weight is 333 g/mol. The van der Waals surface area contributed by atoms with Crippen LogP contribution in [0.15, 0.2) is 18.6 Å². The van der Waals surface area contributed by atoms with Gasteiger partial charge < -0.3 is 9.80 Å². The molecule has 0 spiro atoms. The minimum Gasteiger partial charge on any atom is -0.352 e. The van der Waals surface area contributed by atoms with E-state index in [1.165, 1.54) is 11.5 Å². The fraction of sp³-hybridized carbons (Fsp3) is 0.500. The predicted octanol–water partition coefficient (Wildman–Crippen LogP) is 1.81. The van der Waals surface area contributed by atoms with Crippen LogP contribution in [0.25, 0.3) is 0 Å². The molecule has 8 nitrogen and oxygen atoms in total. The molecular formula is C14H19N7OS. The lowest BCUT2D eigenvalue weighted by molar-refractivity contribution is 0.208. The first-order valence-electron chi connectivity index (χ1n) is 7.54. The van der Waals surface area contributed by atoms with Crippen LogP contribution in [-0.2, 0) is 0 Å². The lowest BCUT2D eigenvalue weighted by Crippen LogP contribution is -2.50. The van der Waals surface area contributed by atoms with Gasteiger partial charge in [0.1, 0.15) is 11.6 Å². The number of anilines is 2. The van der Waals surface area contributed by atoms with Gasteiger partial charge in [0.25, 0.3) is 0 Å². The third-order valence-corrected chi connectivity index (χ3v) is 4.26. The number of hydrogen-bond donors (Lipinski definition) is 1. The second kappa shape index (κ2) is 6.86. The zero-order valence-electron chi connectivity index (χ0n) is 13.1. The molecule has 3 rings (SSSR count). The van der Waals surface area contributed by atoms with Crippen LogP contribution in [0.2, 0.25) is 0 Å². The summed E-state index contributed by atoms with van der Waals surface area (Å²) < 4.78 is 4.24. The van der Waals surface area contributed by atoms with E-state index in [0.717, 1.165) is 24.7 Å². The van der Waals surface area contributed by atoms with E-state index >= 15 is 0 Å². The summed E-state index contributed by atoms with van der Waals surface area (Å²) in [5, 5.41) is 3.38. The molecule has 2 aromatic rings. The summed E-state index contributed by atoms with van der Waals surface area (Å²) in [6.45, 7) is 6.80. The van der Waals surface area contributed by atoms with E-state index in [0.29, 0.717) is 18.2 Å². The van der Waals surface area contributed by atoms with Crippen LogP contribution in [0, 0.1) is 0 Å². The van der Waals surface area contributed by atoms with Crippen molar-refractivity contribution >= 4 is 28.5 Å². The molecule has 0 radical (unpaired) electrons. The highest BCUT2D eigenvalue weighted by Gasteiger charge is 2.22. The molecule has 1 saturated heterocycles. The van der Waals surface area contributed by atoms with Gasteiger partial charge in [0, 0.05) is 56.0 Å². The number of carbonyl (C=O) groups is 1. The Kier molecular flexibility index (Phi) is 4.65. The van der Waals surface area contributed by atoms with Crippen molar-refractivity contribution in [1.29, 1.82) is 0 Å². The standard InChI is InChI=1S/C14H19N7OS/c1-10(2)12-17-13(23-19-12)18-14(22)21-7-5-20(6-8-21)11-9-15-3-4-16-11/h3-4,9-10H,5-8H2,1-2H3,(H,17,18,19,22). The van der Waals surface area contributed by atoms with Crippen LogP contribution in [0.5, 0.6) is 0 Å². The minimum atomic E-state index is -0.129. The Bertz CT molecular complexity index is 652. The minimum absolute atomic E-state index is 0.129. The van der Waals surface area contributed by atoms with Gasteiger partial charge in [-0.1, -0.05) is 13.8 Å². The molecule has 3 heterocycles. The number of piperazine rings is 1. The fourth-order valence-electron chi connectivity index (χ4n) is 2.28. The van der Waals surface area contributed by atoms with Crippen LogP contribution < -0.4 is 10.2 Å². The molecule has 1 aliphatic rings. The van der Waals surface area contributed by atoms with Crippen molar-refractivity contribution in [3.05, 3.63) is 24.4 Å². The summed E-state index contributed by atoms with van der Waals surface area (Å²) in [7, 11) is 0. The molecule has 0 atom stereocenters. The van der Waals surface area contributed by atoms with Crippen molar-refractivity contribution in [1.82, 2.24) is 24.2 Å². The molecule has 0 saturated carbocycles. The summed E-state index contributed by atoms with van der Waals surface area (Å²) in [4.78, 5) is 28.9. The van der Waals surface area contributed by atoms with E-state index in [1.807, 2.05) is 13.8 Å². The number of nitrogens with zero attached hydrogens (tertiary/aromatic N) is 6. The van der Waals surface area contributed by atoms with Crippen LogP contribution >= 0.6 is 11.5 Å². The number of amides is 2. The van der Waals surface area contributed by atoms with Gasteiger partial charge in [0.15, 0.2) is 0 Å². The van der Waals surface area contributed by atoms with Crippen LogP contribution in [0.4, 0.5) is 15.7 Å². The normalized spacial score (nSPS) is 15.1. The average Bonchev–Trinajstić information content (AvgIpc) is 3.04. The van der Waals surface area contributed by atoms with Gasteiger partial charge in [-0.15, -0.1) is 0 Å². The lowest BCUT2D eigenvalue weighted by atomic mass is 10.2. The number of nitrogens with one attached hydrogen (secondary N) is 1. The van der Waals surface area contributed by atoms with E-state index in [9.17, 15) is 4.79 Å². The van der Waals surface area contributed by atoms with Gasteiger partial charge in [-0.05, 0) is 0 Å². The van der Waals surface area contributed by atoms with Gasteiger partial charge in [0.2, 0.25) is 5.13 Å². The number of hydrogen-bond acceptors (Lipinski definition) is 7. The summed E-state index contributed by atoms with van der Waals surface area (Å²) in [6, 6.07) is -0.129. The van der Waals surface area contributed by atoms with Crippen molar-refractivity contribution in [3.8, 4) is 0 Å². The molecule has 1 aliphatic heterocycles. The van der Waals surface area contributed by atoms with Gasteiger partial charge in [-0.25, -0.2) is 14.8 Å². The number of carbonyl (C=O) groups excluding carboxylic acids is 1. The van der Waals surface area contributed by atoms with Crippen molar-refractivity contribution in [3.63, 3.8) is 0 Å². The summed E-state index contributed by atoms with van der Waals surface area (Å²) >= 11 is 1.22. The zero-order valence-corrected chi connectivity index (χ0v) is 14.0. The molecule has 0 aromatic carbocycles. The van der Waals surface area contributed by atoms with Crippen LogP contribution in [-0.4, -0.2) is 56.4 Å². The SMILES string of the molecule is CC(C)c1nsc(NC(=O)N2CCN(c3cnccn3)CC2)n1. The Morgan fingerprint density at radius 1 is 1.26 bits per heavy atom. The fourth-order valence-corrected chi connectivity index (χ4v) is 2.98. The third-order valence-electron chi connectivity index (χ3n) is 3.61. The number of aromatic nitrogens is 4. The maximum Gasteiger partial charge on any atom is 0.323 e. The van der Waals surface area contributed by atoms with E-state index < -0.39 is 0 Å². The topological polar surface area (TPSA) is 87.1 Å². The highest BCUT2D eigenvalue weighted by molar-refractivity contribution is 7.09. The molecule has 0 bridgehead atoms. The molecule has 0 unspecified atom stereocenters. The molecule has 1 fully saturated rings. The van der Waals surface area contributed by atoms with Crippen molar-refractivity contribution in [2.24, 2.45) is 0 Å². The van der Waals surface area contributed by atoms with E-state index in [4.69, 9.17) is 0 Å². The molecule has 1 N–H and O–H groups in total.